The fraction of sp³-hybridized carbons (Fsp3) is 0.350. The van der Waals surface area contributed by atoms with E-state index >= 15 is 0 Å². The normalized spacial score (nSPS) is 22.3. The predicted molar refractivity (Wildman–Crippen MR) is 104 cm³/mol. The first-order valence-corrected chi connectivity index (χ1v) is 9.19. The number of piperidine rings is 1. The summed E-state index contributed by atoms with van der Waals surface area (Å²) in [4.78, 5) is 34.1. The minimum atomic E-state index is -0.264. The number of pyridine rings is 1. The van der Waals surface area contributed by atoms with Gasteiger partial charge in [0.15, 0.2) is 5.82 Å². The number of carbonyl (C=O) groups excluding carboxylic acids is 2. The molecule has 7 nitrogen and oxygen atoms in total. The van der Waals surface area contributed by atoms with Gasteiger partial charge in [-0.2, -0.15) is 0 Å². The van der Waals surface area contributed by atoms with E-state index in [0.29, 0.717) is 28.7 Å². The van der Waals surface area contributed by atoms with Gasteiger partial charge in [-0.25, -0.2) is 14.7 Å². The van der Waals surface area contributed by atoms with Crippen molar-refractivity contribution in [2.45, 2.75) is 19.4 Å². The average Bonchev–Trinajstić information content (AvgIpc) is 2.78. The van der Waals surface area contributed by atoms with Crippen LogP contribution < -0.4 is 15.5 Å². The summed E-state index contributed by atoms with van der Waals surface area (Å²) < 4.78 is 0. The van der Waals surface area contributed by atoms with Crippen LogP contribution in [-0.2, 0) is 0 Å². The quantitative estimate of drug-likeness (QED) is 0.815. The van der Waals surface area contributed by atoms with Gasteiger partial charge in [0.25, 0.3) is 5.91 Å². The highest BCUT2D eigenvalue weighted by Gasteiger charge is 2.33. The number of benzene rings is 1. The topological polar surface area (TPSA) is 77.6 Å². The third-order valence-corrected chi connectivity index (χ3v) is 5.26. The molecule has 0 spiro atoms. The van der Waals surface area contributed by atoms with E-state index < -0.39 is 0 Å². The fourth-order valence-corrected chi connectivity index (χ4v) is 3.83. The number of para-hydroxylation sites is 1. The number of carbonyl (C=O) groups is 2. The molecule has 2 aliphatic heterocycles. The SMILES string of the molecule is C[C@@H]1CN(C)CC[C@@H]1NC(=O)N1c2ccccc2C(=O)Nc2cccnc21. The summed E-state index contributed by atoms with van der Waals surface area (Å²) in [6, 6.07) is 10.4. The number of urea groups is 1. The van der Waals surface area contributed by atoms with Crippen molar-refractivity contribution in [1.29, 1.82) is 0 Å². The standard InChI is InChI=1S/C20H23N5O2/c1-13-12-24(2)11-9-15(13)23-20(27)25-17-8-4-3-6-14(17)19(26)22-16-7-5-10-21-18(16)25/h3-8,10,13,15H,9,11-12H2,1-2H3,(H,22,26)(H,23,27)/t13-,15+/m1/s1. The molecular formula is C20H23N5O2. The van der Waals surface area contributed by atoms with E-state index in [4.69, 9.17) is 0 Å². The number of anilines is 3. The van der Waals surface area contributed by atoms with Crippen molar-refractivity contribution >= 4 is 29.1 Å². The molecule has 2 aromatic rings. The monoisotopic (exact) mass is 365 g/mol. The Balaban J connectivity index is 1.71. The second-order valence-corrected chi connectivity index (χ2v) is 7.27. The van der Waals surface area contributed by atoms with Gasteiger partial charge < -0.3 is 15.5 Å². The molecule has 27 heavy (non-hydrogen) atoms. The number of amides is 3. The van der Waals surface area contributed by atoms with Gasteiger partial charge in [-0.15, -0.1) is 0 Å². The van der Waals surface area contributed by atoms with Crippen LogP contribution in [0.1, 0.15) is 23.7 Å². The second-order valence-electron chi connectivity index (χ2n) is 7.27. The maximum absolute atomic E-state index is 13.3. The highest BCUT2D eigenvalue weighted by Crippen LogP contribution is 2.36. The van der Waals surface area contributed by atoms with Gasteiger partial charge in [0.1, 0.15) is 0 Å². The first kappa shape index (κ1) is 17.5. The molecular weight excluding hydrogens is 342 g/mol. The summed E-state index contributed by atoms with van der Waals surface area (Å²) in [5.74, 6) is 0.523. The Kier molecular flexibility index (Phi) is 4.53. The number of hydrogen-bond donors (Lipinski definition) is 2. The zero-order chi connectivity index (χ0) is 19.0. The van der Waals surface area contributed by atoms with Crippen molar-refractivity contribution in [3.05, 3.63) is 48.2 Å². The molecule has 0 aliphatic carbocycles. The molecule has 1 saturated heterocycles. The highest BCUT2D eigenvalue weighted by molar-refractivity contribution is 6.16. The maximum Gasteiger partial charge on any atom is 0.328 e. The van der Waals surface area contributed by atoms with E-state index in [-0.39, 0.29) is 18.0 Å². The molecule has 2 N–H and O–H groups in total. The van der Waals surface area contributed by atoms with Crippen molar-refractivity contribution in [1.82, 2.24) is 15.2 Å². The van der Waals surface area contributed by atoms with Crippen LogP contribution in [0.3, 0.4) is 0 Å². The number of fused-ring (bicyclic) bond motifs is 2. The van der Waals surface area contributed by atoms with Gasteiger partial charge >= 0.3 is 6.03 Å². The summed E-state index contributed by atoms with van der Waals surface area (Å²) in [5.41, 5.74) is 1.50. The number of aromatic nitrogens is 1. The van der Waals surface area contributed by atoms with E-state index in [0.717, 1.165) is 19.5 Å². The summed E-state index contributed by atoms with van der Waals surface area (Å²) >= 11 is 0. The van der Waals surface area contributed by atoms with Crippen molar-refractivity contribution in [2.24, 2.45) is 5.92 Å². The first-order chi connectivity index (χ1) is 13.0. The predicted octanol–water partition coefficient (Wildman–Crippen LogP) is 2.84. The van der Waals surface area contributed by atoms with Crippen LogP contribution >= 0.6 is 0 Å². The van der Waals surface area contributed by atoms with Crippen LogP contribution in [0.4, 0.5) is 22.0 Å². The molecule has 7 heteroatoms. The lowest BCUT2D eigenvalue weighted by Crippen LogP contribution is -2.51. The van der Waals surface area contributed by atoms with Gasteiger partial charge in [0, 0.05) is 18.8 Å². The number of nitrogens with zero attached hydrogens (tertiary/aromatic N) is 3. The van der Waals surface area contributed by atoms with E-state index in [9.17, 15) is 9.59 Å². The molecule has 2 aliphatic rings. The third kappa shape index (κ3) is 3.26. The Bertz CT molecular complexity index is 884. The molecule has 0 radical (unpaired) electrons. The van der Waals surface area contributed by atoms with E-state index in [2.05, 4.69) is 34.5 Å². The minimum Gasteiger partial charge on any atom is -0.334 e. The van der Waals surface area contributed by atoms with Crippen LogP contribution in [0, 0.1) is 5.92 Å². The van der Waals surface area contributed by atoms with Crippen LogP contribution in [-0.4, -0.2) is 48.0 Å². The number of hydrogen-bond acceptors (Lipinski definition) is 4. The van der Waals surface area contributed by atoms with E-state index in [1.165, 1.54) is 4.90 Å². The molecule has 1 aromatic carbocycles. The van der Waals surface area contributed by atoms with Crippen molar-refractivity contribution in [2.75, 3.05) is 30.4 Å². The number of rotatable bonds is 1. The van der Waals surface area contributed by atoms with Gasteiger partial charge in [0.05, 0.1) is 16.9 Å². The lowest BCUT2D eigenvalue weighted by atomic mass is 9.94. The van der Waals surface area contributed by atoms with Gasteiger partial charge in [-0.05, 0) is 50.2 Å². The third-order valence-electron chi connectivity index (χ3n) is 5.26. The summed E-state index contributed by atoms with van der Waals surface area (Å²) in [7, 11) is 2.09. The van der Waals surface area contributed by atoms with Crippen LogP contribution in [0.15, 0.2) is 42.6 Å². The molecule has 3 amide bonds. The van der Waals surface area contributed by atoms with Gasteiger partial charge in [-0.1, -0.05) is 19.1 Å². The minimum absolute atomic E-state index is 0.0833. The molecule has 0 unspecified atom stereocenters. The molecule has 0 bridgehead atoms. The van der Waals surface area contributed by atoms with Crippen LogP contribution in [0.2, 0.25) is 0 Å². The Hall–Kier alpha value is -2.93. The van der Waals surface area contributed by atoms with Crippen molar-refractivity contribution in [3.8, 4) is 0 Å². The molecule has 2 atom stereocenters. The van der Waals surface area contributed by atoms with Gasteiger partial charge in [0.2, 0.25) is 0 Å². The Labute approximate surface area is 158 Å². The van der Waals surface area contributed by atoms with E-state index in [1.807, 2.05) is 6.07 Å². The van der Waals surface area contributed by atoms with Crippen LogP contribution in [0.25, 0.3) is 0 Å². The fourth-order valence-electron chi connectivity index (χ4n) is 3.83. The number of nitrogens with one attached hydrogen (secondary N) is 2. The lowest BCUT2D eigenvalue weighted by Gasteiger charge is -2.36. The molecule has 1 aromatic heterocycles. The Morgan fingerprint density at radius 1 is 1.26 bits per heavy atom. The molecule has 1 fully saturated rings. The number of likely N-dealkylation sites (tertiary alicyclic amines) is 1. The molecule has 0 saturated carbocycles. The Morgan fingerprint density at radius 2 is 2.07 bits per heavy atom. The zero-order valence-electron chi connectivity index (χ0n) is 15.5. The average molecular weight is 365 g/mol. The lowest BCUT2D eigenvalue weighted by molar-refractivity contribution is 0.102. The summed E-state index contributed by atoms with van der Waals surface area (Å²) in [6.45, 7) is 4.03. The highest BCUT2D eigenvalue weighted by atomic mass is 16.2. The van der Waals surface area contributed by atoms with Crippen LogP contribution in [0.5, 0.6) is 0 Å². The summed E-state index contributed by atoms with van der Waals surface area (Å²) in [6.07, 6.45) is 2.52. The van der Waals surface area contributed by atoms with Crippen molar-refractivity contribution in [3.63, 3.8) is 0 Å². The van der Waals surface area contributed by atoms with E-state index in [1.54, 1.807) is 36.5 Å². The van der Waals surface area contributed by atoms with Crippen molar-refractivity contribution < 1.29 is 9.59 Å². The largest absolute Gasteiger partial charge is 0.334 e. The molecule has 3 heterocycles. The van der Waals surface area contributed by atoms with Gasteiger partial charge in [-0.3, -0.25) is 4.79 Å². The molecule has 4 rings (SSSR count). The smallest absolute Gasteiger partial charge is 0.328 e. The Morgan fingerprint density at radius 3 is 2.89 bits per heavy atom. The summed E-state index contributed by atoms with van der Waals surface area (Å²) in [5, 5.41) is 6.02. The second kappa shape index (κ2) is 7.00. The molecule has 140 valence electrons. The maximum atomic E-state index is 13.3. The zero-order valence-corrected chi connectivity index (χ0v) is 15.5. The first-order valence-electron chi connectivity index (χ1n) is 9.19.